The first-order valence-corrected chi connectivity index (χ1v) is 9.96. The van der Waals surface area contributed by atoms with Gasteiger partial charge in [-0.15, -0.1) is 11.3 Å². The third-order valence-corrected chi connectivity index (χ3v) is 5.74. The Hall–Kier alpha value is -2.24. The van der Waals surface area contributed by atoms with E-state index < -0.39 is 0 Å². The molecular formula is C21H23N3OS. The number of carbonyl (C=O) groups excluding carboxylic acids is 1. The van der Waals surface area contributed by atoms with Crippen molar-refractivity contribution >= 4 is 22.8 Å². The molecule has 0 atom stereocenters. The van der Waals surface area contributed by atoms with E-state index >= 15 is 0 Å². The van der Waals surface area contributed by atoms with Gasteiger partial charge in [0.15, 0.2) is 0 Å². The molecule has 2 heterocycles. The maximum Gasteiger partial charge on any atom is 0.250 e. The summed E-state index contributed by atoms with van der Waals surface area (Å²) in [6, 6.07) is 10.5. The minimum absolute atomic E-state index is 0.183. The zero-order chi connectivity index (χ0) is 17.9. The van der Waals surface area contributed by atoms with Crippen molar-refractivity contribution in [3.8, 4) is 0 Å². The molecule has 0 unspecified atom stereocenters. The average Bonchev–Trinajstić information content (AvgIpc) is 3.32. The molecular weight excluding hydrogens is 342 g/mol. The smallest absolute Gasteiger partial charge is 0.250 e. The molecule has 4 rings (SSSR count). The Balaban J connectivity index is 1.33. The Morgan fingerprint density at radius 2 is 1.92 bits per heavy atom. The van der Waals surface area contributed by atoms with Crippen LogP contribution in [0.15, 0.2) is 53.4 Å². The quantitative estimate of drug-likeness (QED) is 0.832. The number of carbonyl (C=O) groups is 1. The summed E-state index contributed by atoms with van der Waals surface area (Å²) in [6.45, 7) is 6.43. The van der Waals surface area contributed by atoms with Gasteiger partial charge in [0.05, 0.1) is 10.7 Å². The molecule has 5 heteroatoms. The van der Waals surface area contributed by atoms with Crippen LogP contribution in [0, 0.1) is 6.92 Å². The summed E-state index contributed by atoms with van der Waals surface area (Å²) in [4.78, 5) is 21.8. The van der Waals surface area contributed by atoms with Gasteiger partial charge in [-0.1, -0.05) is 36.4 Å². The highest BCUT2D eigenvalue weighted by atomic mass is 32.1. The molecule has 1 fully saturated rings. The number of thiazole rings is 1. The van der Waals surface area contributed by atoms with Gasteiger partial charge < -0.3 is 4.90 Å². The van der Waals surface area contributed by atoms with Gasteiger partial charge in [0.1, 0.15) is 0 Å². The summed E-state index contributed by atoms with van der Waals surface area (Å²) in [5.41, 5.74) is 4.30. The summed E-state index contributed by atoms with van der Waals surface area (Å²) in [5.74, 6) is 0.183. The SMILES string of the molecule is Cc1nc(C2=CCC(C(=O)N3CCN(Cc4ccccc4)CC3)=C2)cs1. The van der Waals surface area contributed by atoms with Crippen molar-refractivity contribution in [2.75, 3.05) is 26.2 Å². The van der Waals surface area contributed by atoms with Crippen LogP contribution in [0.1, 0.15) is 22.7 Å². The monoisotopic (exact) mass is 365 g/mol. The van der Waals surface area contributed by atoms with Crippen LogP contribution in [0.25, 0.3) is 5.57 Å². The lowest BCUT2D eigenvalue weighted by Crippen LogP contribution is -2.48. The standard InChI is InChI=1S/C21H23N3OS/c1-16-22-20(15-26-16)18-7-8-19(13-18)21(25)24-11-9-23(10-12-24)14-17-5-3-2-4-6-17/h2-7,13,15H,8-12,14H2,1H3. The van der Waals surface area contributed by atoms with E-state index in [4.69, 9.17) is 0 Å². The van der Waals surface area contributed by atoms with Crippen LogP contribution in [-0.4, -0.2) is 46.9 Å². The Kier molecular flexibility index (Phi) is 5.00. The molecule has 0 bridgehead atoms. The fraction of sp³-hybridized carbons (Fsp3) is 0.333. The van der Waals surface area contributed by atoms with Gasteiger partial charge in [0.2, 0.25) is 5.91 Å². The van der Waals surface area contributed by atoms with Crippen LogP contribution in [0.3, 0.4) is 0 Å². The zero-order valence-corrected chi connectivity index (χ0v) is 15.8. The van der Waals surface area contributed by atoms with E-state index in [2.05, 4.69) is 45.6 Å². The number of nitrogens with zero attached hydrogens (tertiary/aromatic N) is 3. The van der Waals surface area contributed by atoms with Gasteiger partial charge in [0, 0.05) is 43.7 Å². The summed E-state index contributed by atoms with van der Waals surface area (Å²) in [6.07, 6.45) is 4.86. The first kappa shape index (κ1) is 17.2. The highest BCUT2D eigenvalue weighted by molar-refractivity contribution is 7.09. The van der Waals surface area contributed by atoms with Crippen LogP contribution in [0.4, 0.5) is 0 Å². The molecule has 1 aromatic heterocycles. The van der Waals surface area contributed by atoms with Gasteiger partial charge in [0.25, 0.3) is 0 Å². The lowest BCUT2D eigenvalue weighted by Gasteiger charge is -2.35. The van der Waals surface area contributed by atoms with E-state index in [-0.39, 0.29) is 5.91 Å². The summed E-state index contributed by atoms with van der Waals surface area (Å²) >= 11 is 1.65. The maximum absolute atomic E-state index is 12.8. The van der Waals surface area contributed by atoms with E-state index in [1.54, 1.807) is 11.3 Å². The van der Waals surface area contributed by atoms with Gasteiger partial charge in [-0.05, 0) is 30.6 Å². The van der Waals surface area contributed by atoms with Crippen LogP contribution in [0.5, 0.6) is 0 Å². The van der Waals surface area contributed by atoms with Gasteiger partial charge >= 0.3 is 0 Å². The highest BCUT2D eigenvalue weighted by Gasteiger charge is 2.25. The number of piperazine rings is 1. The molecule has 1 aromatic carbocycles. The van der Waals surface area contributed by atoms with E-state index in [0.717, 1.165) is 61.0 Å². The summed E-state index contributed by atoms with van der Waals surface area (Å²) < 4.78 is 0. The number of hydrogen-bond donors (Lipinski definition) is 0. The number of benzene rings is 1. The topological polar surface area (TPSA) is 36.4 Å². The molecule has 0 spiro atoms. The molecule has 1 saturated heterocycles. The number of aromatic nitrogens is 1. The highest BCUT2D eigenvalue weighted by Crippen LogP contribution is 2.28. The third kappa shape index (κ3) is 3.79. The minimum Gasteiger partial charge on any atom is -0.336 e. The zero-order valence-electron chi connectivity index (χ0n) is 15.0. The first-order chi connectivity index (χ1) is 12.7. The fourth-order valence-electron chi connectivity index (χ4n) is 3.50. The molecule has 1 aliphatic heterocycles. The Bertz CT molecular complexity index is 845. The molecule has 2 aromatic rings. The molecule has 1 amide bonds. The first-order valence-electron chi connectivity index (χ1n) is 9.08. The number of amides is 1. The van der Waals surface area contributed by atoms with Crippen LogP contribution >= 0.6 is 11.3 Å². The van der Waals surface area contributed by atoms with E-state index in [1.807, 2.05) is 24.0 Å². The van der Waals surface area contributed by atoms with Crippen molar-refractivity contribution in [2.45, 2.75) is 19.9 Å². The van der Waals surface area contributed by atoms with E-state index in [0.29, 0.717) is 0 Å². The van der Waals surface area contributed by atoms with Crippen LogP contribution in [0.2, 0.25) is 0 Å². The second kappa shape index (κ2) is 7.56. The molecule has 134 valence electrons. The van der Waals surface area contributed by atoms with Gasteiger partial charge in [-0.2, -0.15) is 0 Å². The largest absolute Gasteiger partial charge is 0.336 e. The summed E-state index contributed by atoms with van der Waals surface area (Å²) in [7, 11) is 0. The Labute approximate surface area is 158 Å². The molecule has 2 aliphatic rings. The van der Waals surface area contributed by atoms with Crippen molar-refractivity contribution in [3.63, 3.8) is 0 Å². The molecule has 1 aliphatic carbocycles. The molecule has 0 N–H and O–H groups in total. The second-order valence-corrected chi connectivity index (χ2v) is 7.90. The molecule has 0 radical (unpaired) electrons. The number of hydrogen-bond acceptors (Lipinski definition) is 4. The van der Waals surface area contributed by atoms with Crippen molar-refractivity contribution in [2.24, 2.45) is 0 Å². The van der Waals surface area contributed by atoms with Crippen molar-refractivity contribution in [1.29, 1.82) is 0 Å². The summed E-state index contributed by atoms with van der Waals surface area (Å²) in [5, 5.41) is 3.12. The average molecular weight is 366 g/mol. The van der Waals surface area contributed by atoms with Crippen LogP contribution in [-0.2, 0) is 11.3 Å². The predicted octanol–water partition coefficient (Wildman–Crippen LogP) is 3.51. The van der Waals surface area contributed by atoms with Crippen molar-refractivity contribution in [1.82, 2.24) is 14.8 Å². The number of rotatable bonds is 4. The van der Waals surface area contributed by atoms with Crippen molar-refractivity contribution in [3.05, 3.63) is 69.7 Å². The molecule has 4 nitrogen and oxygen atoms in total. The minimum atomic E-state index is 0.183. The normalized spacial score (nSPS) is 18.0. The van der Waals surface area contributed by atoms with E-state index in [1.165, 1.54) is 5.56 Å². The fourth-order valence-corrected chi connectivity index (χ4v) is 4.12. The van der Waals surface area contributed by atoms with Gasteiger partial charge in [-0.3, -0.25) is 9.69 Å². The molecule has 0 saturated carbocycles. The number of aryl methyl sites for hydroxylation is 1. The van der Waals surface area contributed by atoms with Crippen molar-refractivity contribution < 1.29 is 4.79 Å². The lowest BCUT2D eigenvalue weighted by molar-refractivity contribution is -0.128. The predicted molar refractivity (Wildman–Crippen MR) is 106 cm³/mol. The molecule has 26 heavy (non-hydrogen) atoms. The van der Waals surface area contributed by atoms with E-state index in [9.17, 15) is 4.79 Å². The lowest BCUT2D eigenvalue weighted by atomic mass is 10.1. The number of allylic oxidation sites excluding steroid dienone is 3. The van der Waals surface area contributed by atoms with Crippen LogP contribution < -0.4 is 0 Å². The van der Waals surface area contributed by atoms with Gasteiger partial charge in [-0.25, -0.2) is 4.98 Å². The Morgan fingerprint density at radius 1 is 1.15 bits per heavy atom. The maximum atomic E-state index is 12.8. The Morgan fingerprint density at radius 3 is 2.62 bits per heavy atom. The third-order valence-electron chi connectivity index (χ3n) is 4.97. The second-order valence-electron chi connectivity index (χ2n) is 6.84.